The van der Waals surface area contributed by atoms with Crippen molar-refractivity contribution in [3.63, 3.8) is 0 Å². The van der Waals surface area contributed by atoms with Gasteiger partial charge in [0.05, 0.1) is 25.8 Å². The van der Waals surface area contributed by atoms with Crippen LogP contribution in [-0.4, -0.2) is 53.5 Å². The summed E-state index contributed by atoms with van der Waals surface area (Å²) in [7, 11) is 0. The lowest BCUT2D eigenvalue weighted by molar-refractivity contribution is -0.184. The number of hydrogen-bond donors (Lipinski definition) is 0. The maximum atomic E-state index is 13.2. The minimum absolute atomic E-state index is 0.0514. The van der Waals surface area contributed by atoms with Gasteiger partial charge in [-0.15, -0.1) is 11.6 Å². The van der Waals surface area contributed by atoms with Gasteiger partial charge in [-0.05, 0) is 57.4 Å². The third kappa shape index (κ3) is 8.17. The van der Waals surface area contributed by atoms with Crippen molar-refractivity contribution in [3.8, 4) is 0 Å². The van der Waals surface area contributed by atoms with Crippen LogP contribution < -0.4 is 4.90 Å². The average molecular weight is 496 g/mol. The van der Waals surface area contributed by atoms with E-state index in [1.807, 2.05) is 70.2 Å². The van der Waals surface area contributed by atoms with E-state index >= 15 is 0 Å². The molecule has 1 unspecified atom stereocenters. The van der Waals surface area contributed by atoms with Crippen molar-refractivity contribution >= 4 is 17.9 Å². The molecule has 0 aliphatic carbocycles. The van der Waals surface area contributed by atoms with Gasteiger partial charge in [-0.1, -0.05) is 36.4 Å². The summed E-state index contributed by atoms with van der Waals surface area (Å²) < 4.78 is 11.7. The van der Waals surface area contributed by atoms with Crippen LogP contribution in [0.5, 0.6) is 0 Å². The summed E-state index contributed by atoms with van der Waals surface area (Å²) in [5.41, 5.74) is 2.14. The van der Waals surface area contributed by atoms with Gasteiger partial charge < -0.3 is 14.3 Å². The fraction of sp³-hybridized carbons (Fsp3) is 0.464. The number of pyridine rings is 1. The quantitative estimate of drug-likeness (QED) is 0.460. The number of hydrogen-bond acceptors (Lipinski definition) is 7. The molecule has 0 spiro atoms. The second-order valence-corrected chi connectivity index (χ2v) is 10.1. The van der Waals surface area contributed by atoms with Crippen molar-refractivity contribution in [2.45, 2.75) is 59.3 Å². The number of anilines is 1. The molecule has 0 saturated carbocycles. The van der Waals surface area contributed by atoms with Crippen molar-refractivity contribution in [1.29, 1.82) is 0 Å². The molecule has 3 rings (SSSR count). The van der Waals surface area contributed by atoms with Crippen LogP contribution in [-0.2, 0) is 32.1 Å². The summed E-state index contributed by atoms with van der Waals surface area (Å²) in [6, 6.07) is 13.7. The summed E-state index contributed by atoms with van der Waals surface area (Å²) in [4.78, 5) is 36.5. The van der Waals surface area contributed by atoms with Gasteiger partial charge >= 0.3 is 12.1 Å². The van der Waals surface area contributed by atoms with Crippen molar-refractivity contribution in [2.24, 2.45) is 5.92 Å². The van der Waals surface area contributed by atoms with Crippen molar-refractivity contribution < 1.29 is 23.9 Å². The molecule has 2 heterocycles. The van der Waals surface area contributed by atoms with Gasteiger partial charge in [-0.3, -0.25) is 9.69 Å². The van der Waals surface area contributed by atoms with E-state index in [9.17, 15) is 9.59 Å². The van der Waals surface area contributed by atoms with Gasteiger partial charge in [-0.25, -0.2) is 9.78 Å². The Kier molecular flexibility index (Phi) is 9.23. The first kappa shape index (κ1) is 27.4. The Hall–Kier alpha value is -3.23. The molecule has 1 fully saturated rings. The minimum atomic E-state index is -0.640. The van der Waals surface area contributed by atoms with E-state index in [0.717, 1.165) is 16.8 Å². The lowest BCUT2D eigenvalue weighted by atomic mass is 9.99. The number of carbonyl (C=O) groups is 2. The lowest BCUT2D eigenvalue weighted by Crippen LogP contribution is -2.37. The molecule has 2 aromatic rings. The number of nitrogens with zero attached hydrogens (tertiary/aromatic N) is 3. The van der Waals surface area contributed by atoms with E-state index < -0.39 is 11.7 Å². The Morgan fingerprint density at radius 1 is 1.19 bits per heavy atom. The SMILES string of the molecule is C=CCO[C@H]1CN(OC(C)=O)CC1Cc1cc(C)cc(N(Cc2ccccc2)C(=O)OC(C)(C)C)n1. The summed E-state index contributed by atoms with van der Waals surface area (Å²) in [5.74, 6) is 0.222. The second kappa shape index (κ2) is 12.1. The van der Waals surface area contributed by atoms with E-state index in [4.69, 9.17) is 19.3 Å². The van der Waals surface area contributed by atoms with Crippen LogP contribution in [0.15, 0.2) is 55.1 Å². The Morgan fingerprint density at radius 2 is 1.92 bits per heavy atom. The van der Waals surface area contributed by atoms with Crippen LogP contribution in [0.3, 0.4) is 0 Å². The monoisotopic (exact) mass is 495 g/mol. The highest BCUT2D eigenvalue weighted by Crippen LogP contribution is 2.27. The number of rotatable bonds is 9. The standard InChI is InChI=1S/C28H37N3O5/c1-7-13-34-25-19-30(36-21(3)32)18-23(25)16-24-14-20(2)15-26(29-24)31(27(33)35-28(4,5)6)17-22-11-9-8-10-12-22/h7-12,14-15,23,25H,1,13,16-19H2,2-6H3/t23?,25-/m0/s1. The molecule has 1 aromatic heterocycles. The second-order valence-electron chi connectivity index (χ2n) is 10.1. The van der Waals surface area contributed by atoms with Crippen LogP contribution in [0.2, 0.25) is 0 Å². The minimum Gasteiger partial charge on any atom is -0.443 e. The highest BCUT2D eigenvalue weighted by Gasteiger charge is 2.36. The molecule has 1 aliphatic rings. The van der Waals surface area contributed by atoms with Crippen LogP contribution in [0.4, 0.5) is 10.6 Å². The van der Waals surface area contributed by atoms with Gasteiger partial charge in [0.25, 0.3) is 0 Å². The fourth-order valence-electron chi connectivity index (χ4n) is 4.19. The predicted molar refractivity (Wildman–Crippen MR) is 138 cm³/mol. The zero-order valence-electron chi connectivity index (χ0n) is 21.9. The summed E-state index contributed by atoms with van der Waals surface area (Å²) in [6.45, 7) is 14.4. The van der Waals surface area contributed by atoms with E-state index in [2.05, 4.69) is 6.58 Å². The summed E-state index contributed by atoms with van der Waals surface area (Å²) in [5, 5.41) is 1.64. The summed E-state index contributed by atoms with van der Waals surface area (Å²) in [6.07, 6.45) is 1.71. The zero-order valence-corrected chi connectivity index (χ0v) is 21.9. The molecule has 36 heavy (non-hydrogen) atoms. The number of ether oxygens (including phenoxy) is 2. The van der Waals surface area contributed by atoms with E-state index in [0.29, 0.717) is 38.5 Å². The Balaban J connectivity index is 1.87. The van der Waals surface area contributed by atoms with Gasteiger partial charge in [0, 0.05) is 25.1 Å². The predicted octanol–water partition coefficient (Wildman–Crippen LogP) is 4.86. The van der Waals surface area contributed by atoms with Gasteiger partial charge in [0.1, 0.15) is 11.4 Å². The smallest absolute Gasteiger partial charge is 0.416 e. The fourth-order valence-corrected chi connectivity index (χ4v) is 4.19. The molecule has 1 aromatic carbocycles. The van der Waals surface area contributed by atoms with Crippen molar-refractivity contribution in [3.05, 3.63) is 71.9 Å². The molecular weight excluding hydrogens is 458 g/mol. The zero-order chi connectivity index (χ0) is 26.3. The Morgan fingerprint density at radius 3 is 2.56 bits per heavy atom. The normalized spacial score (nSPS) is 18.0. The molecule has 0 bridgehead atoms. The average Bonchev–Trinajstić information content (AvgIpc) is 3.15. The number of hydroxylamine groups is 2. The maximum Gasteiger partial charge on any atom is 0.416 e. The maximum absolute atomic E-state index is 13.2. The number of carbonyl (C=O) groups excluding carboxylic acids is 2. The van der Waals surface area contributed by atoms with Gasteiger partial charge in [-0.2, -0.15) is 0 Å². The lowest BCUT2D eigenvalue weighted by Gasteiger charge is -2.27. The van der Waals surface area contributed by atoms with E-state index in [1.54, 1.807) is 16.0 Å². The molecule has 0 radical (unpaired) electrons. The topological polar surface area (TPSA) is 81.2 Å². The number of amides is 1. The number of benzene rings is 1. The first-order valence-corrected chi connectivity index (χ1v) is 12.2. The third-order valence-corrected chi connectivity index (χ3v) is 5.59. The highest BCUT2D eigenvalue weighted by molar-refractivity contribution is 5.86. The molecule has 1 saturated heterocycles. The molecule has 0 N–H and O–H groups in total. The number of aryl methyl sites for hydroxylation is 1. The largest absolute Gasteiger partial charge is 0.443 e. The first-order chi connectivity index (χ1) is 17.0. The molecule has 8 heteroatoms. The molecule has 1 amide bonds. The van der Waals surface area contributed by atoms with Crippen LogP contribution in [0.25, 0.3) is 0 Å². The van der Waals surface area contributed by atoms with E-state index in [1.165, 1.54) is 6.92 Å². The first-order valence-electron chi connectivity index (χ1n) is 12.2. The van der Waals surface area contributed by atoms with E-state index in [-0.39, 0.29) is 18.0 Å². The Bertz CT molecular complexity index is 1050. The van der Waals surface area contributed by atoms with Crippen LogP contribution in [0, 0.1) is 12.8 Å². The Labute approximate surface area is 213 Å². The molecule has 1 aliphatic heterocycles. The molecule has 194 valence electrons. The van der Waals surface area contributed by atoms with Crippen LogP contribution >= 0.6 is 0 Å². The highest BCUT2D eigenvalue weighted by atomic mass is 16.7. The number of aromatic nitrogens is 1. The molecular formula is C28H37N3O5. The van der Waals surface area contributed by atoms with Gasteiger partial charge in [0.2, 0.25) is 0 Å². The molecule has 2 atom stereocenters. The third-order valence-electron chi connectivity index (χ3n) is 5.59. The van der Waals surface area contributed by atoms with Gasteiger partial charge in [0.15, 0.2) is 0 Å². The van der Waals surface area contributed by atoms with Crippen molar-refractivity contribution in [2.75, 3.05) is 24.6 Å². The molecule has 8 nitrogen and oxygen atoms in total. The van der Waals surface area contributed by atoms with Crippen molar-refractivity contribution in [1.82, 2.24) is 10.0 Å². The van der Waals surface area contributed by atoms with Crippen LogP contribution in [0.1, 0.15) is 44.5 Å². The summed E-state index contributed by atoms with van der Waals surface area (Å²) >= 11 is 0.